The number of hydrogen-bond donors (Lipinski definition) is 17. The van der Waals surface area contributed by atoms with Crippen LogP contribution in [0.4, 0.5) is 4.79 Å². The summed E-state index contributed by atoms with van der Waals surface area (Å²) in [5.74, 6) is -1.45. The summed E-state index contributed by atoms with van der Waals surface area (Å²) in [5.41, 5.74) is 0. The minimum atomic E-state index is -5.30. The lowest BCUT2D eigenvalue weighted by atomic mass is 9.94. The van der Waals surface area contributed by atoms with E-state index >= 15 is 0 Å². The minimum Gasteiger partial charge on any atom is -0.394 e. The molecule has 0 radical (unpaired) electrons. The standard InChI is InChI=1S/C49H84N6O33S3/c1-22(58)52-33-38(65)42(86-48-41(68)44(36(63)26(17-57)83-48)88-46-34(53-23(2)59)43(37(64)27(84-46)18-80-90(70,71)72)87-47-40(67)39(66)35(62)25(16-56)82-47)28(19-81-91(73,74)75)85-45(33)79-10-5-8-50-31(61)20-78-15-14-77-13-12-76-11-9-51-30(60)7-4-3-6-29-32-24(21-89-29)54-49(69)55-32/h24-29,32-48,56-57,62-68H,3-21H2,1-2H3,(H,50,61)(H,51,60)(H,52,58)(H,53,59)(H2,54,55,69)(H,70,71,72)(H,73,74,75). The van der Waals surface area contributed by atoms with Gasteiger partial charge in [0, 0.05) is 44.4 Å². The van der Waals surface area contributed by atoms with E-state index in [0.717, 1.165) is 38.9 Å². The second-order valence-corrected chi connectivity index (χ2v) is 25.2. The third-order valence-corrected chi connectivity index (χ3v) is 17.3. The van der Waals surface area contributed by atoms with Crippen LogP contribution in [0.1, 0.15) is 46.0 Å². The number of aliphatic hydroxyl groups excluding tert-OH is 9. The molecule has 23 unspecified atom stereocenters. The van der Waals surface area contributed by atoms with Crippen LogP contribution in [-0.2, 0) is 100 Å². The molecule has 526 valence electrons. The highest BCUT2D eigenvalue weighted by Gasteiger charge is 2.57. The lowest BCUT2D eigenvalue weighted by Gasteiger charge is -2.50. The van der Waals surface area contributed by atoms with Crippen molar-refractivity contribution < 1.29 is 156 Å². The van der Waals surface area contributed by atoms with Crippen molar-refractivity contribution in [1.29, 1.82) is 0 Å². The molecular formula is C49H84N6O33S3. The van der Waals surface area contributed by atoms with E-state index in [1.165, 1.54) is 0 Å². The number of hydrogen-bond acceptors (Lipinski definition) is 32. The lowest BCUT2D eigenvalue weighted by molar-refractivity contribution is -0.376. The fraction of sp³-hybridized carbons (Fsp3) is 0.898. The third-order valence-electron chi connectivity index (χ3n) is 14.9. The van der Waals surface area contributed by atoms with E-state index in [0.29, 0.717) is 18.2 Å². The van der Waals surface area contributed by atoms with Gasteiger partial charge in [-0.3, -0.25) is 28.3 Å². The van der Waals surface area contributed by atoms with Crippen molar-refractivity contribution in [3.05, 3.63) is 0 Å². The summed E-state index contributed by atoms with van der Waals surface area (Å²) in [6.07, 6.45) is -33.5. The molecule has 6 amide bonds. The summed E-state index contributed by atoms with van der Waals surface area (Å²) in [7, 11) is -10.6. The molecule has 0 aromatic heterocycles. The third kappa shape index (κ3) is 23.4. The number of rotatable bonds is 37. The zero-order valence-electron chi connectivity index (χ0n) is 49.3. The molecule has 0 aliphatic carbocycles. The van der Waals surface area contributed by atoms with Crippen molar-refractivity contribution in [2.24, 2.45) is 0 Å². The molecule has 39 nitrogen and oxygen atoms in total. The number of aliphatic hydroxyl groups is 9. The highest BCUT2D eigenvalue weighted by atomic mass is 32.3. The Morgan fingerprint density at radius 1 is 0.560 bits per heavy atom. The summed E-state index contributed by atoms with van der Waals surface area (Å²) >= 11 is 1.83. The van der Waals surface area contributed by atoms with Gasteiger partial charge in [0.25, 0.3) is 0 Å². The van der Waals surface area contributed by atoms with E-state index in [4.69, 9.17) is 52.1 Å². The number of nitrogens with one attached hydrogen (secondary N) is 6. The average molecular weight is 1380 g/mol. The van der Waals surface area contributed by atoms with Crippen LogP contribution in [0.25, 0.3) is 0 Å². The van der Waals surface area contributed by atoms with E-state index in [1.807, 2.05) is 11.8 Å². The number of fused-ring (bicyclic) bond motifs is 1. The summed E-state index contributed by atoms with van der Waals surface area (Å²) < 4.78 is 137. The molecule has 0 aromatic carbocycles. The number of carbonyl (C=O) groups excluding carboxylic acids is 5. The number of ether oxygens (including phenoxy) is 11. The Hall–Kier alpha value is -3.56. The van der Waals surface area contributed by atoms with E-state index < -0.39 is 188 Å². The monoisotopic (exact) mass is 1380 g/mol. The Balaban J connectivity index is 0.984. The predicted octanol–water partition coefficient (Wildman–Crippen LogP) is -9.38. The Morgan fingerprint density at radius 2 is 1.11 bits per heavy atom. The minimum absolute atomic E-state index is 0.0148. The highest BCUT2D eigenvalue weighted by molar-refractivity contribution is 8.00. The molecule has 91 heavy (non-hydrogen) atoms. The maximum absolute atomic E-state index is 12.7. The molecule has 0 saturated carbocycles. The van der Waals surface area contributed by atoms with Crippen LogP contribution in [0, 0.1) is 0 Å². The maximum Gasteiger partial charge on any atom is 0.397 e. The van der Waals surface area contributed by atoms with Crippen LogP contribution in [0.2, 0.25) is 0 Å². The fourth-order valence-electron chi connectivity index (χ4n) is 10.5. The van der Waals surface area contributed by atoms with Gasteiger partial charge in [0.2, 0.25) is 23.6 Å². The number of carbonyl (C=O) groups is 5. The van der Waals surface area contributed by atoms with Crippen LogP contribution >= 0.6 is 11.8 Å². The normalized spacial score (nSPS) is 36.0. The van der Waals surface area contributed by atoms with Crippen LogP contribution in [-0.4, -0.2) is 333 Å². The van der Waals surface area contributed by atoms with E-state index in [-0.39, 0.29) is 83.2 Å². The van der Waals surface area contributed by atoms with Crippen molar-refractivity contribution in [3.63, 3.8) is 0 Å². The molecule has 0 spiro atoms. The molecule has 6 aliphatic heterocycles. The van der Waals surface area contributed by atoms with Crippen molar-refractivity contribution in [2.45, 2.75) is 186 Å². The van der Waals surface area contributed by atoms with Crippen LogP contribution < -0.4 is 31.9 Å². The summed E-state index contributed by atoms with van der Waals surface area (Å²) in [6, 6.07) is -3.36. The average Bonchev–Trinajstić information content (AvgIpc) is 1.48. The molecule has 6 fully saturated rings. The predicted molar refractivity (Wildman–Crippen MR) is 299 cm³/mol. The Morgan fingerprint density at radius 3 is 1.76 bits per heavy atom. The van der Waals surface area contributed by atoms with Gasteiger partial charge in [0.15, 0.2) is 25.2 Å². The zero-order chi connectivity index (χ0) is 66.7. The number of thioether (sulfide) groups is 1. The first kappa shape index (κ1) is 76.5. The first-order chi connectivity index (χ1) is 43.1. The number of amides is 6. The summed E-state index contributed by atoms with van der Waals surface area (Å²) in [4.78, 5) is 61.5. The molecule has 17 N–H and O–H groups in total. The van der Waals surface area contributed by atoms with Gasteiger partial charge in [-0.15, -0.1) is 0 Å². The largest absolute Gasteiger partial charge is 0.397 e. The van der Waals surface area contributed by atoms with Gasteiger partial charge in [-0.25, -0.2) is 13.2 Å². The van der Waals surface area contributed by atoms with Gasteiger partial charge in [0.05, 0.1) is 78.2 Å². The van der Waals surface area contributed by atoms with Crippen molar-refractivity contribution >= 4 is 62.2 Å². The highest BCUT2D eigenvalue weighted by Crippen LogP contribution is 2.36. The van der Waals surface area contributed by atoms with Crippen LogP contribution in [0.5, 0.6) is 0 Å². The zero-order valence-corrected chi connectivity index (χ0v) is 51.8. The number of urea groups is 1. The molecule has 0 bridgehead atoms. The van der Waals surface area contributed by atoms with Crippen molar-refractivity contribution in [1.82, 2.24) is 31.9 Å². The molecule has 42 heteroatoms. The number of unbranched alkanes of at least 4 members (excludes halogenated alkanes) is 1. The summed E-state index contributed by atoms with van der Waals surface area (Å²) in [5, 5.41) is 115. The van der Waals surface area contributed by atoms with E-state index in [1.54, 1.807) is 0 Å². The van der Waals surface area contributed by atoms with E-state index in [2.05, 4.69) is 40.3 Å². The SMILES string of the molecule is CC(=O)NC1C(OCCCNC(=O)COCCOCCOCCNC(=O)CCCCC2SCC3NC(=O)NC32)OC(COS(=O)(=O)O)C(OC2OC(CO)C(O)C(OC3OC(COS(=O)(=O)O)C(O)C(OC4OC(CO)C(O)C(O)C4O)C3NC(C)=O)C2O)C1O. The van der Waals surface area contributed by atoms with Gasteiger partial charge in [-0.2, -0.15) is 28.6 Å². The molecule has 6 heterocycles. The molecule has 6 saturated heterocycles. The summed E-state index contributed by atoms with van der Waals surface area (Å²) in [6.45, 7) is -1.91. The second kappa shape index (κ2) is 36.5. The van der Waals surface area contributed by atoms with Gasteiger partial charge >= 0.3 is 26.8 Å². The first-order valence-corrected chi connectivity index (χ1v) is 32.8. The van der Waals surface area contributed by atoms with Crippen LogP contribution in [0.15, 0.2) is 0 Å². The maximum atomic E-state index is 12.7. The molecule has 6 aliphatic rings. The Kier molecular flexibility index (Phi) is 30.7. The molecule has 6 rings (SSSR count). The second-order valence-electron chi connectivity index (χ2n) is 21.7. The van der Waals surface area contributed by atoms with Gasteiger partial charge in [-0.05, 0) is 19.3 Å². The Labute approximate surface area is 526 Å². The molecule has 23 atom stereocenters. The Bertz CT molecular complexity index is 2540. The quantitative estimate of drug-likeness (QED) is 0.0156. The molecular weight excluding hydrogens is 1300 g/mol. The van der Waals surface area contributed by atoms with E-state index in [9.17, 15) is 95.9 Å². The van der Waals surface area contributed by atoms with Gasteiger partial charge in [-0.1, -0.05) is 6.42 Å². The topological polar surface area (TPSA) is 568 Å². The van der Waals surface area contributed by atoms with Crippen LogP contribution in [0.3, 0.4) is 0 Å². The van der Waals surface area contributed by atoms with Crippen molar-refractivity contribution in [3.8, 4) is 0 Å². The van der Waals surface area contributed by atoms with Gasteiger partial charge < -0.3 is 130 Å². The fourth-order valence-corrected chi connectivity index (χ4v) is 12.7. The van der Waals surface area contributed by atoms with Crippen molar-refractivity contribution in [2.75, 3.05) is 91.5 Å². The van der Waals surface area contributed by atoms with Gasteiger partial charge in [0.1, 0.15) is 104 Å². The lowest BCUT2D eigenvalue weighted by Crippen LogP contribution is -2.70. The molecule has 0 aromatic rings. The first-order valence-electron chi connectivity index (χ1n) is 29.0. The smallest absolute Gasteiger partial charge is 0.394 e.